The first kappa shape index (κ1) is 22.9. The van der Waals surface area contributed by atoms with Crippen LogP contribution in [-0.4, -0.2) is 53.6 Å². The average Bonchev–Trinajstić information content (AvgIpc) is 2.80. The van der Waals surface area contributed by atoms with Crippen molar-refractivity contribution in [1.82, 2.24) is 14.9 Å². The summed E-state index contributed by atoms with van der Waals surface area (Å²) >= 11 is 0. The van der Waals surface area contributed by atoms with E-state index in [2.05, 4.69) is 21.0 Å². The minimum atomic E-state index is -3.44. The number of nitrogens with one attached hydrogen (secondary N) is 2. The molecule has 0 aromatic heterocycles. The summed E-state index contributed by atoms with van der Waals surface area (Å²) in [7, 11) is 1.26. The molecule has 1 heterocycles. The van der Waals surface area contributed by atoms with Gasteiger partial charge in [-0.05, 0) is 61.3 Å². The lowest BCUT2D eigenvalue weighted by Crippen LogP contribution is -2.44. The number of rotatable bonds is 7. The van der Waals surface area contributed by atoms with Crippen molar-refractivity contribution < 1.29 is 17.9 Å². The van der Waals surface area contributed by atoms with E-state index in [1.54, 1.807) is 38.5 Å². The maximum absolute atomic E-state index is 11.9. The van der Waals surface area contributed by atoms with E-state index >= 15 is 0 Å². The number of nitrogens with zero attached hydrogens (tertiary/aromatic N) is 2. The Morgan fingerprint density at radius 1 is 1.10 bits per heavy atom. The highest BCUT2D eigenvalue weighted by molar-refractivity contribution is 7.89. The molecule has 0 aliphatic carbocycles. The van der Waals surface area contributed by atoms with Crippen molar-refractivity contribution in [2.24, 2.45) is 4.99 Å². The van der Waals surface area contributed by atoms with Crippen LogP contribution in [0.5, 0.6) is 11.5 Å². The highest BCUT2D eigenvalue weighted by Crippen LogP contribution is 2.33. The van der Waals surface area contributed by atoms with Gasteiger partial charge in [-0.25, -0.2) is 18.1 Å². The number of ether oxygens (including phenoxy) is 2. The molecule has 3 rings (SSSR count). The number of guanidine groups is 1. The van der Waals surface area contributed by atoms with Crippen LogP contribution >= 0.6 is 0 Å². The monoisotopic (exact) mass is 446 g/mol. The molecule has 0 unspecified atom stereocenters. The molecular formula is C22H30N4O4S. The van der Waals surface area contributed by atoms with Gasteiger partial charge in [-0.1, -0.05) is 12.1 Å². The highest BCUT2D eigenvalue weighted by Gasteiger charge is 2.21. The summed E-state index contributed by atoms with van der Waals surface area (Å²) in [5.41, 5.74) is 3.39. The maximum atomic E-state index is 11.9. The van der Waals surface area contributed by atoms with Crippen LogP contribution in [0.1, 0.15) is 23.6 Å². The third-order valence-corrected chi connectivity index (χ3v) is 6.70. The van der Waals surface area contributed by atoms with E-state index < -0.39 is 10.0 Å². The van der Waals surface area contributed by atoms with Gasteiger partial charge in [-0.3, -0.25) is 0 Å². The van der Waals surface area contributed by atoms with Gasteiger partial charge in [0.15, 0.2) is 17.5 Å². The fourth-order valence-electron chi connectivity index (χ4n) is 3.55. The number of hydrogen-bond acceptors (Lipinski definition) is 5. The van der Waals surface area contributed by atoms with Crippen LogP contribution in [0.4, 0.5) is 0 Å². The van der Waals surface area contributed by atoms with Crippen LogP contribution in [0, 0.1) is 0 Å². The molecular weight excluding hydrogens is 416 g/mol. The van der Waals surface area contributed by atoms with Gasteiger partial charge >= 0.3 is 0 Å². The number of hydrogen-bond donors (Lipinski definition) is 2. The zero-order valence-corrected chi connectivity index (χ0v) is 19.3. The fraction of sp³-hybridized carbons (Fsp3) is 0.409. The summed E-state index contributed by atoms with van der Waals surface area (Å²) in [4.78, 5) is 7.24. The SMILES string of the molecule is CCNC(=NCc1ccc(S(=O)(=O)NC)cc1)N1CCc2cc(OC)c(OC)cc2C1. The molecule has 0 bridgehead atoms. The van der Waals surface area contributed by atoms with Crippen molar-refractivity contribution in [3.63, 3.8) is 0 Å². The number of fused-ring (bicyclic) bond motifs is 1. The predicted octanol–water partition coefficient (Wildman–Crippen LogP) is 2.14. The molecule has 1 aliphatic rings. The molecule has 2 aromatic carbocycles. The Balaban J connectivity index is 1.77. The van der Waals surface area contributed by atoms with Crippen molar-refractivity contribution in [2.75, 3.05) is 34.4 Å². The van der Waals surface area contributed by atoms with Crippen LogP contribution in [0.3, 0.4) is 0 Å². The summed E-state index contributed by atoms with van der Waals surface area (Å²) in [5.74, 6) is 2.30. The van der Waals surface area contributed by atoms with Crippen molar-refractivity contribution >= 4 is 16.0 Å². The molecule has 1 aliphatic heterocycles. The third kappa shape index (κ3) is 5.29. The van der Waals surface area contributed by atoms with Gasteiger partial charge in [0.05, 0.1) is 25.7 Å². The zero-order valence-electron chi connectivity index (χ0n) is 18.4. The van der Waals surface area contributed by atoms with E-state index in [0.717, 1.165) is 49.1 Å². The minimum absolute atomic E-state index is 0.242. The maximum Gasteiger partial charge on any atom is 0.240 e. The molecule has 0 spiro atoms. The lowest BCUT2D eigenvalue weighted by molar-refractivity contribution is 0.346. The summed E-state index contributed by atoms with van der Waals surface area (Å²) in [6, 6.07) is 10.9. The zero-order chi connectivity index (χ0) is 22.4. The third-order valence-electron chi connectivity index (χ3n) is 5.27. The van der Waals surface area contributed by atoms with Crippen molar-refractivity contribution in [2.45, 2.75) is 31.3 Å². The Morgan fingerprint density at radius 3 is 2.32 bits per heavy atom. The Kier molecular flexibility index (Phi) is 7.40. The van der Waals surface area contributed by atoms with Crippen LogP contribution in [0.25, 0.3) is 0 Å². The fourth-order valence-corrected chi connectivity index (χ4v) is 4.28. The van der Waals surface area contributed by atoms with Crippen LogP contribution in [0.15, 0.2) is 46.3 Å². The average molecular weight is 447 g/mol. The van der Waals surface area contributed by atoms with E-state index in [-0.39, 0.29) is 4.90 Å². The second-order valence-corrected chi connectivity index (χ2v) is 9.06. The number of sulfonamides is 1. The summed E-state index contributed by atoms with van der Waals surface area (Å²) < 4.78 is 37.0. The van der Waals surface area contributed by atoms with E-state index in [9.17, 15) is 8.42 Å². The van der Waals surface area contributed by atoms with Gasteiger partial charge in [0.2, 0.25) is 10.0 Å². The normalized spacial score (nSPS) is 14.2. The molecule has 0 amide bonds. The van der Waals surface area contributed by atoms with Crippen LogP contribution in [0.2, 0.25) is 0 Å². The Labute approximate surface area is 184 Å². The van der Waals surface area contributed by atoms with E-state index in [1.165, 1.54) is 18.2 Å². The molecule has 0 saturated heterocycles. The van der Waals surface area contributed by atoms with Gasteiger partial charge in [0, 0.05) is 19.6 Å². The topological polar surface area (TPSA) is 92.3 Å². The molecule has 2 aromatic rings. The van der Waals surface area contributed by atoms with Gasteiger partial charge < -0.3 is 19.7 Å². The number of aliphatic imine (C=N–C) groups is 1. The van der Waals surface area contributed by atoms with Crippen molar-refractivity contribution in [1.29, 1.82) is 0 Å². The van der Waals surface area contributed by atoms with E-state index in [0.29, 0.717) is 6.54 Å². The van der Waals surface area contributed by atoms with Gasteiger partial charge in [-0.2, -0.15) is 0 Å². The summed E-state index contributed by atoms with van der Waals surface area (Å²) in [5, 5.41) is 3.36. The van der Waals surface area contributed by atoms with Gasteiger partial charge in [0.25, 0.3) is 0 Å². The van der Waals surface area contributed by atoms with Gasteiger partial charge in [-0.15, -0.1) is 0 Å². The standard InChI is InChI=1S/C22H30N4O4S/c1-5-24-22(25-14-16-6-8-19(9-7-16)31(27,28)23-2)26-11-10-17-12-20(29-3)21(30-4)13-18(17)15-26/h6-9,12-13,23H,5,10-11,14-15H2,1-4H3,(H,24,25). The smallest absolute Gasteiger partial charge is 0.240 e. The number of benzene rings is 2. The lowest BCUT2D eigenvalue weighted by atomic mass is 9.99. The molecule has 0 atom stereocenters. The lowest BCUT2D eigenvalue weighted by Gasteiger charge is -2.32. The first-order valence-electron chi connectivity index (χ1n) is 10.2. The Morgan fingerprint density at radius 2 is 1.74 bits per heavy atom. The second-order valence-electron chi connectivity index (χ2n) is 7.17. The first-order valence-corrected chi connectivity index (χ1v) is 11.7. The molecule has 8 nitrogen and oxygen atoms in total. The van der Waals surface area contributed by atoms with Crippen LogP contribution < -0.4 is 19.5 Å². The largest absolute Gasteiger partial charge is 0.493 e. The first-order chi connectivity index (χ1) is 14.9. The molecule has 31 heavy (non-hydrogen) atoms. The molecule has 0 radical (unpaired) electrons. The molecule has 0 fully saturated rings. The summed E-state index contributed by atoms with van der Waals surface area (Å²) in [6.07, 6.45) is 0.886. The van der Waals surface area contributed by atoms with E-state index in [4.69, 9.17) is 14.5 Å². The second kappa shape index (κ2) is 10.0. The Hall–Kier alpha value is -2.78. The summed E-state index contributed by atoms with van der Waals surface area (Å²) in [6.45, 7) is 4.82. The predicted molar refractivity (Wildman–Crippen MR) is 121 cm³/mol. The quantitative estimate of drug-likeness (QED) is 0.500. The van der Waals surface area contributed by atoms with Crippen molar-refractivity contribution in [3.05, 3.63) is 53.1 Å². The van der Waals surface area contributed by atoms with Crippen molar-refractivity contribution in [3.8, 4) is 11.5 Å². The minimum Gasteiger partial charge on any atom is -0.493 e. The molecule has 168 valence electrons. The Bertz CT molecular complexity index is 1040. The van der Waals surface area contributed by atoms with Gasteiger partial charge in [0.1, 0.15) is 0 Å². The molecule has 2 N–H and O–H groups in total. The number of methoxy groups -OCH3 is 2. The van der Waals surface area contributed by atoms with Crippen LogP contribution in [-0.2, 0) is 29.5 Å². The highest BCUT2D eigenvalue weighted by atomic mass is 32.2. The van der Waals surface area contributed by atoms with E-state index in [1.807, 2.05) is 13.0 Å². The molecule has 9 heteroatoms. The molecule has 0 saturated carbocycles.